The molecule has 0 N–H and O–H groups in total. The van der Waals surface area contributed by atoms with Crippen molar-refractivity contribution in [3.63, 3.8) is 0 Å². The molecule has 0 fully saturated rings. The van der Waals surface area contributed by atoms with Gasteiger partial charge in [0.15, 0.2) is 0 Å². The first-order chi connectivity index (χ1) is 14.2. The lowest BCUT2D eigenvalue weighted by Gasteiger charge is -2.06. The van der Waals surface area contributed by atoms with Gasteiger partial charge in [0.05, 0.1) is 30.3 Å². The largest absolute Gasteiger partial charge is 0.494 e. The second kappa shape index (κ2) is 8.45. The van der Waals surface area contributed by atoms with Crippen LogP contribution in [0.1, 0.15) is 19.5 Å². The first kappa shape index (κ1) is 19.1. The van der Waals surface area contributed by atoms with E-state index in [1.54, 1.807) is 11.3 Å². The SMILES string of the molecule is CCOc1ccc(-c2csc(-c3nnn(-c4ccc(OCC)cc4)c3C)n2)cc1. The maximum absolute atomic E-state index is 5.51. The van der Waals surface area contributed by atoms with Crippen LogP contribution >= 0.6 is 11.3 Å². The molecule has 0 saturated heterocycles. The van der Waals surface area contributed by atoms with Gasteiger partial charge in [0, 0.05) is 10.9 Å². The number of hydrogen-bond donors (Lipinski definition) is 0. The second-order valence-corrected chi connectivity index (χ2v) is 7.22. The van der Waals surface area contributed by atoms with Gasteiger partial charge in [-0.15, -0.1) is 16.4 Å². The third kappa shape index (κ3) is 4.00. The first-order valence-corrected chi connectivity index (χ1v) is 10.4. The summed E-state index contributed by atoms with van der Waals surface area (Å²) < 4.78 is 12.8. The Labute approximate surface area is 173 Å². The summed E-state index contributed by atoms with van der Waals surface area (Å²) in [7, 11) is 0. The lowest BCUT2D eigenvalue weighted by molar-refractivity contribution is 0.340. The van der Waals surface area contributed by atoms with Crippen molar-refractivity contribution in [3.05, 3.63) is 59.6 Å². The molecule has 29 heavy (non-hydrogen) atoms. The number of thiazole rings is 1. The molecule has 2 aromatic heterocycles. The molecule has 0 aliphatic rings. The van der Waals surface area contributed by atoms with Gasteiger partial charge in [0.25, 0.3) is 0 Å². The maximum atomic E-state index is 5.51. The highest BCUT2D eigenvalue weighted by molar-refractivity contribution is 7.13. The van der Waals surface area contributed by atoms with Crippen molar-refractivity contribution in [3.8, 4) is 39.1 Å². The van der Waals surface area contributed by atoms with E-state index in [0.717, 1.165) is 44.8 Å². The summed E-state index contributed by atoms with van der Waals surface area (Å²) in [6.45, 7) is 7.25. The molecule has 4 rings (SSSR count). The quantitative estimate of drug-likeness (QED) is 0.424. The van der Waals surface area contributed by atoms with E-state index >= 15 is 0 Å². The van der Waals surface area contributed by atoms with E-state index in [2.05, 4.69) is 10.3 Å². The van der Waals surface area contributed by atoms with Gasteiger partial charge in [0.1, 0.15) is 22.2 Å². The van der Waals surface area contributed by atoms with Gasteiger partial charge in [-0.05, 0) is 69.3 Å². The molecule has 0 radical (unpaired) electrons. The van der Waals surface area contributed by atoms with Gasteiger partial charge in [0.2, 0.25) is 0 Å². The van der Waals surface area contributed by atoms with Crippen molar-refractivity contribution in [1.82, 2.24) is 20.0 Å². The molecular formula is C22H22N4O2S. The summed E-state index contributed by atoms with van der Waals surface area (Å²) in [6.07, 6.45) is 0. The predicted octanol–water partition coefficient (Wildman–Crippen LogP) is 5.16. The second-order valence-electron chi connectivity index (χ2n) is 6.36. The number of ether oxygens (including phenoxy) is 2. The smallest absolute Gasteiger partial charge is 0.146 e. The number of nitrogens with zero attached hydrogens (tertiary/aromatic N) is 4. The Morgan fingerprint density at radius 2 is 1.52 bits per heavy atom. The van der Waals surface area contributed by atoms with E-state index in [0.29, 0.717) is 13.2 Å². The van der Waals surface area contributed by atoms with Gasteiger partial charge in [-0.3, -0.25) is 0 Å². The van der Waals surface area contributed by atoms with Crippen LogP contribution in [0.2, 0.25) is 0 Å². The average molecular weight is 407 g/mol. The van der Waals surface area contributed by atoms with E-state index in [4.69, 9.17) is 14.5 Å². The fourth-order valence-electron chi connectivity index (χ4n) is 3.03. The predicted molar refractivity (Wildman–Crippen MR) is 115 cm³/mol. The zero-order chi connectivity index (χ0) is 20.2. The number of benzene rings is 2. The van der Waals surface area contributed by atoms with Crippen LogP contribution in [0.5, 0.6) is 11.5 Å². The van der Waals surface area contributed by atoms with E-state index in [1.165, 1.54) is 0 Å². The third-order valence-electron chi connectivity index (χ3n) is 4.45. The molecule has 2 aromatic carbocycles. The molecule has 0 aliphatic heterocycles. The first-order valence-electron chi connectivity index (χ1n) is 9.54. The van der Waals surface area contributed by atoms with E-state index in [9.17, 15) is 0 Å². The van der Waals surface area contributed by atoms with E-state index in [1.807, 2.05) is 79.4 Å². The van der Waals surface area contributed by atoms with Gasteiger partial charge in [-0.25, -0.2) is 9.67 Å². The van der Waals surface area contributed by atoms with Crippen molar-refractivity contribution in [2.75, 3.05) is 13.2 Å². The Hall–Kier alpha value is -3.19. The van der Waals surface area contributed by atoms with Crippen molar-refractivity contribution in [1.29, 1.82) is 0 Å². The van der Waals surface area contributed by atoms with Crippen LogP contribution in [0.4, 0.5) is 0 Å². The van der Waals surface area contributed by atoms with Gasteiger partial charge < -0.3 is 9.47 Å². The summed E-state index contributed by atoms with van der Waals surface area (Å²) in [5.74, 6) is 1.70. The van der Waals surface area contributed by atoms with Crippen LogP contribution in [0.3, 0.4) is 0 Å². The standard InChI is InChI=1S/C22H22N4O2S/c1-4-27-18-10-6-16(7-11-18)20-14-29-22(23-20)21-15(3)26(25-24-21)17-8-12-19(13-9-17)28-5-2/h6-14H,4-5H2,1-3H3. The molecule has 0 atom stereocenters. The molecule has 4 aromatic rings. The highest BCUT2D eigenvalue weighted by Gasteiger charge is 2.16. The Morgan fingerprint density at radius 1 is 0.897 bits per heavy atom. The summed E-state index contributed by atoms with van der Waals surface area (Å²) in [5.41, 5.74) is 4.64. The average Bonchev–Trinajstić information content (AvgIpc) is 3.37. The molecule has 0 unspecified atom stereocenters. The van der Waals surface area contributed by atoms with Gasteiger partial charge in [-0.1, -0.05) is 5.21 Å². The van der Waals surface area contributed by atoms with Crippen LogP contribution in [-0.2, 0) is 0 Å². The molecular weight excluding hydrogens is 384 g/mol. The van der Waals surface area contributed by atoms with Crippen LogP contribution in [0.15, 0.2) is 53.9 Å². The Kier molecular flexibility index (Phi) is 5.57. The third-order valence-corrected chi connectivity index (χ3v) is 5.30. The molecule has 7 heteroatoms. The molecule has 2 heterocycles. The molecule has 148 valence electrons. The number of hydrogen-bond acceptors (Lipinski definition) is 6. The highest BCUT2D eigenvalue weighted by Crippen LogP contribution is 2.31. The number of rotatable bonds is 7. The van der Waals surface area contributed by atoms with Crippen molar-refractivity contribution >= 4 is 11.3 Å². The topological polar surface area (TPSA) is 62.1 Å². The van der Waals surface area contributed by atoms with Crippen LogP contribution in [-0.4, -0.2) is 33.2 Å². The fourth-order valence-corrected chi connectivity index (χ4v) is 3.89. The molecule has 6 nitrogen and oxygen atoms in total. The van der Waals surface area contributed by atoms with Gasteiger partial charge in [-0.2, -0.15) is 0 Å². The minimum absolute atomic E-state index is 0.645. The number of aromatic nitrogens is 4. The Morgan fingerprint density at radius 3 is 2.14 bits per heavy atom. The lowest BCUT2D eigenvalue weighted by Crippen LogP contribution is -1.99. The molecule has 0 saturated carbocycles. The van der Waals surface area contributed by atoms with Crippen LogP contribution in [0, 0.1) is 6.92 Å². The lowest BCUT2D eigenvalue weighted by atomic mass is 10.2. The van der Waals surface area contributed by atoms with E-state index in [-0.39, 0.29) is 0 Å². The summed E-state index contributed by atoms with van der Waals surface area (Å²) in [6, 6.07) is 15.8. The van der Waals surface area contributed by atoms with Crippen molar-refractivity contribution < 1.29 is 9.47 Å². The Bertz CT molecular complexity index is 1080. The minimum Gasteiger partial charge on any atom is -0.494 e. The highest BCUT2D eigenvalue weighted by atomic mass is 32.1. The summed E-state index contributed by atoms with van der Waals surface area (Å²) in [5, 5.41) is 11.6. The van der Waals surface area contributed by atoms with E-state index < -0.39 is 0 Å². The maximum Gasteiger partial charge on any atom is 0.146 e. The minimum atomic E-state index is 0.645. The normalized spacial score (nSPS) is 10.9. The molecule has 0 amide bonds. The van der Waals surface area contributed by atoms with Crippen molar-refractivity contribution in [2.45, 2.75) is 20.8 Å². The monoisotopic (exact) mass is 406 g/mol. The summed E-state index contributed by atoms with van der Waals surface area (Å²) in [4.78, 5) is 4.77. The molecule has 0 aliphatic carbocycles. The molecule has 0 bridgehead atoms. The van der Waals surface area contributed by atoms with Crippen LogP contribution < -0.4 is 9.47 Å². The summed E-state index contributed by atoms with van der Waals surface area (Å²) >= 11 is 1.57. The van der Waals surface area contributed by atoms with Gasteiger partial charge >= 0.3 is 0 Å². The van der Waals surface area contributed by atoms with Crippen LogP contribution in [0.25, 0.3) is 27.6 Å². The van der Waals surface area contributed by atoms with Crippen molar-refractivity contribution in [2.24, 2.45) is 0 Å². The Balaban J connectivity index is 1.58. The zero-order valence-corrected chi connectivity index (χ0v) is 17.4. The fraction of sp³-hybridized carbons (Fsp3) is 0.227. The molecule has 0 spiro atoms. The zero-order valence-electron chi connectivity index (χ0n) is 16.6.